The third-order valence-electron chi connectivity index (χ3n) is 3.13. The summed E-state index contributed by atoms with van der Waals surface area (Å²) in [4.78, 5) is 13.6. The third kappa shape index (κ3) is 2.67. The quantitative estimate of drug-likeness (QED) is 0.578. The first-order valence-corrected chi connectivity index (χ1v) is 7.14. The number of carbonyl (C=O) groups is 1. The van der Waals surface area contributed by atoms with Gasteiger partial charge in [-0.15, -0.1) is 0 Å². The number of ether oxygens (including phenoxy) is 1. The molecule has 0 spiro atoms. The second-order valence-electron chi connectivity index (χ2n) is 4.36. The fraction of sp³-hybridized carbons (Fsp3) is 0.750. The number of nitrogens with one attached hydrogen (secondary N) is 1. The Morgan fingerprint density at radius 3 is 3.06 bits per heavy atom. The molecule has 0 bridgehead atoms. The van der Waals surface area contributed by atoms with E-state index >= 15 is 0 Å². The normalized spacial score (nSPS) is 31.3. The van der Waals surface area contributed by atoms with E-state index < -0.39 is 0 Å². The van der Waals surface area contributed by atoms with Crippen LogP contribution in [0, 0.1) is 0 Å². The molecule has 4 nitrogen and oxygen atoms in total. The van der Waals surface area contributed by atoms with E-state index in [4.69, 9.17) is 4.74 Å². The largest absolute Gasteiger partial charge is 0.367 e. The van der Waals surface area contributed by atoms with Gasteiger partial charge in [0.25, 0.3) is 0 Å². The van der Waals surface area contributed by atoms with Crippen molar-refractivity contribution in [1.82, 2.24) is 10.2 Å². The maximum absolute atomic E-state index is 11.8. The zero-order valence-corrected chi connectivity index (χ0v) is 11.2. The molecule has 2 rings (SSSR count). The highest BCUT2D eigenvalue weighted by Crippen LogP contribution is 2.37. The van der Waals surface area contributed by atoms with Crippen LogP contribution in [0.2, 0.25) is 0 Å². The Kier molecular flexibility index (Phi) is 4.48. The van der Waals surface area contributed by atoms with Crippen LogP contribution in [-0.4, -0.2) is 41.3 Å². The number of carbonyl (C=O) groups excluding carboxylic acids is 1. The molecule has 1 saturated heterocycles. The van der Waals surface area contributed by atoms with Crippen LogP contribution >= 0.6 is 11.8 Å². The molecule has 2 heterocycles. The van der Waals surface area contributed by atoms with E-state index in [0.29, 0.717) is 0 Å². The lowest BCUT2D eigenvalue weighted by Gasteiger charge is -2.47. The van der Waals surface area contributed by atoms with Gasteiger partial charge in [0.15, 0.2) is 0 Å². The van der Waals surface area contributed by atoms with Gasteiger partial charge in [-0.05, 0) is 19.0 Å². The number of β-lactam (4-membered cyclic amide) rings is 1. The minimum absolute atomic E-state index is 0.0283. The maximum Gasteiger partial charge on any atom is 0.247 e. The molecule has 0 radical (unpaired) electrons. The van der Waals surface area contributed by atoms with Gasteiger partial charge in [0.05, 0.1) is 0 Å². The number of rotatable bonds is 6. The van der Waals surface area contributed by atoms with Gasteiger partial charge in [0.1, 0.15) is 16.9 Å². The summed E-state index contributed by atoms with van der Waals surface area (Å²) in [6.45, 7) is 3.11. The first-order chi connectivity index (χ1) is 8.27. The zero-order chi connectivity index (χ0) is 12.3. The van der Waals surface area contributed by atoms with Crippen molar-refractivity contribution in [3.05, 3.63) is 12.3 Å². The minimum Gasteiger partial charge on any atom is -0.367 e. The van der Waals surface area contributed by atoms with E-state index in [1.807, 2.05) is 12.3 Å². The van der Waals surface area contributed by atoms with Crippen molar-refractivity contribution < 1.29 is 9.53 Å². The summed E-state index contributed by atoms with van der Waals surface area (Å²) in [5.41, 5.74) is 0.0734. The minimum atomic E-state index is -0.0283. The van der Waals surface area contributed by atoms with Gasteiger partial charge in [0.2, 0.25) is 5.91 Å². The Labute approximate surface area is 107 Å². The summed E-state index contributed by atoms with van der Waals surface area (Å²) in [7, 11) is 1.70. The van der Waals surface area contributed by atoms with Gasteiger partial charge in [-0.25, -0.2) is 0 Å². The molecule has 0 aromatic heterocycles. The summed E-state index contributed by atoms with van der Waals surface area (Å²) >= 11 is 1.69. The van der Waals surface area contributed by atoms with Gasteiger partial charge in [-0.3, -0.25) is 4.79 Å². The molecule has 17 heavy (non-hydrogen) atoms. The highest BCUT2D eigenvalue weighted by atomic mass is 32.2. The number of nitrogens with zero attached hydrogens (tertiary/aromatic N) is 1. The first-order valence-electron chi connectivity index (χ1n) is 6.20. The van der Waals surface area contributed by atoms with Crippen molar-refractivity contribution in [3.63, 3.8) is 0 Å². The van der Waals surface area contributed by atoms with Gasteiger partial charge < -0.3 is 15.0 Å². The molecule has 0 aliphatic carbocycles. The molecule has 2 unspecified atom stereocenters. The van der Waals surface area contributed by atoms with E-state index in [0.717, 1.165) is 13.0 Å². The van der Waals surface area contributed by atoms with E-state index in [9.17, 15) is 4.79 Å². The molecule has 1 fully saturated rings. The summed E-state index contributed by atoms with van der Waals surface area (Å²) in [5, 5.41) is 3.55. The highest BCUT2D eigenvalue weighted by molar-refractivity contribution is 8.00. The summed E-state index contributed by atoms with van der Waals surface area (Å²) < 4.78 is 5.28. The number of methoxy groups -OCH3 is 1. The summed E-state index contributed by atoms with van der Waals surface area (Å²) in [6.07, 6.45) is 7.34. The Hall–Kier alpha value is -0.520. The second kappa shape index (κ2) is 5.89. The Balaban J connectivity index is 1.81. The molecule has 1 amide bonds. The average Bonchev–Trinajstić information content (AvgIpc) is 2.37. The lowest BCUT2D eigenvalue weighted by atomic mass is 10.1. The van der Waals surface area contributed by atoms with Crippen LogP contribution in [-0.2, 0) is 9.53 Å². The van der Waals surface area contributed by atoms with Gasteiger partial charge in [-0.2, -0.15) is 0 Å². The van der Waals surface area contributed by atoms with Crippen molar-refractivity contribution >= 4 is 17.7 Å². The van der Waals surface area contributed by atoms with Crippen molar-refractivity contribution in [1.29, 1.82) is 0 Å². The van der Waals surface area contributed by atoms with Crippen molar-refractivity contribution in [2.24, 2.45) is 0 Å². The van der Waals surface area contributed by atoms with Crippen LogP contribution in [0.25, 0.3) is 0 Å². The highest BCUT2D eigenvalue weighted by Gasteiger charge is 2.48. The number of thioether (sulfide) groups is 1. The molecule has 96 valence electrons. The van der Waals surface area contributed by atoms with Crippen LogP contribution in [0.3, 0.4) is 0 Å². The SMILES string of the molecule is CCCCCNC1C(=O)N2C=CC(OC)S[C@H]12. The molecule has 1 N–H and O–H groups in total. The van der Waals surface area contributed by atoms with Crippen molar-refractivity contribution in [2.45, 2.75) is 43.0 Å². The van der Waals surface area contributed by atoms with Crippen LogP contribution in [0.1, 0.15) is 26.2 Å². The van der Waals surface area contributed by atoms with E-state index in [-0.39, 0.29) is 22.8 Å². The fourth-order valence-corrected chi connectivity index (χ4v) is 3.31. The van der Waals surface area contributed by atoms with E-state index in [1.54, 1.807) is 23.8 Å². The van der Waals surface area contributed by atoms with Crippen LogP contribution < -0.4 is 5.32 Å². The molecule has 5 heteroatoms. The predicted molar refractivity (Wildman–Crippen MR) is 69.5 cm³/mol. The Morgan fingerprint density at radius 2 is 2.35 bits per heavy atom. The van der Waals surface area contributed by atoms with Gasteiger partial charge >= 0.3 is 0 Å². The lowest BCUT2D eigenvalue weighted by Crippen LogP contribution is -2.67. The second-order valence-corrected chi connectivity index (χ2v) is 5.58. The predicted octanol–water partition coefficient (Wildman–Crippen LogP) is 1.54. The number of fused-ring (bicyclic) bond motifs is 1. The Morgan fingerprint density at radius 1 is 1.53 bits per heavy atom. The van der Waals surface area contributed by atoms with Gasteiger partial charge in [0, 0.05) is 13.3 Å². The maximum atomic E-state index is 11.8. The van der Waals surface area contributed by atoms with Crippen LogP contribution in [0.5, 0.6) is 0 Å². The molecular weight excluding hydrogens is 236 g/mol. The smallest absolute Gasteiger partial charge is 0.247 e. The molecule has 3 atom stereocenters. The summed E-state index contributed by atoms with van der Waals surface area (Å²) in [6, 6.07) is -0.0283. The molecule has 0 aromatic rings. The number of amides is 1. The lowest BCUT2D eigenvalue weighted by molar-refractivity contribution is -0.142. The van der Waals surface area contributed by atoms with E-state index in [2.05, 4.69) is 12.2 Å². The molecule has 2 aliphatic rings. The van der Waals surface area contributed by atoms with Crippen LogP contribution in [0.4, 0.5) is 0 Å². The van der Waals surface area contributed by atoms with Gasteiger partial charge in [-0.1, -0.05) is 31.5 Å². The summed E-state index contributed by atoms with van der Waals surface area (Å²) in [5.74, 6) is 0.185. The third-order valence-corrected chi connectivity index (χ3v) is 4.53. The number of unbranched alkanes of at least 4 members (excludes halogenated alkanes) is 2. The Bertz CT molecular complexity index is 309. The topological polar surface area (TPSA) is 41.6 Å². The molecule has 2 aliphatic heterocycles. The molecular formula is C12H20N2O2S. The number of hydrogen-bond donors (Lipinski definition) is 1. The zero-order valence-electron chi connectivity index (χ0n) is 10.4. The van der Waals surface area contributed by atoms with Crippen LogP contribution in [0.15, 0.2) is 12.3 Å². The first kappa shape index (κ1) is 12.9. The standard InChI is InChI=1S/C12H20N2O2S/c1-3-4-5-7-13-10-11(15)14-8-6-9(16-2)17-12(10)14/h6,8-10,12-13H,3-5,7H2,1-2H3/t9?,10?,12-/m1/s1. The molecule has 0 aromatic carbocycles. The fourth-order valence-electron chi connectivity index (χ4n) is 2.09. The average molecular weight is 256 g/mol. The molecule has 0 saturated carbocycles. The number of hydrogen-bond acceptors (Lipinski definition) is 4. The van der Waals surface area contributed by atoms with Crippen molar-refractivity contribution in [3.8, 4) is 0 Å². The van der Waals surface area contributed by atoms with E-state index in [1.165, 1.54) is 12.8 Å². The monoisotopic (exact) mass is 256 g/mol. The van der Waals surface area contributed by atoms with Crippen molar-refractivity contribution in [2.75, 3.05) is 13.7 Å².